The monoisotopic (exact) mass is 233 g/mol. The van der Waals surface area contributed by atoms with E-state index in [-0.39, 0.29) is 5.75 Å². The van der Waals surface area contributed by atoms with Gasteiger partial charge in [0.15, 0.2) is 0 Å². The molecule has 2 rings (SSSR count). The number of rotatable bonds is 1. The molecule has 0 amide bonds. The summed E-state index contributed by atoms with van der Waals surface area (Å²) in [5.74, 6) is 0.181. The first kappa shape index (κ1) is 10.7. The summed E-state index contributed by atoms with van der Waals surface area (Å²) in [6.45, 7) is 0. The van der Waals surface area contributed by atoms with E-state index in [4.69, 9.17) is 5.11 Å². The molecule has 0 aliphatic heterocycles. The zero-order chi connectivity index (χ0) is 11.5. The molecule has 0 saturated carbocycles. The highest BCUT2D eigenvalue weighted by atomic mass is 32.2. The van der Waals surface area contributed by atoms with E-state index in [0.29, 0.717) is 16.9 Å². The van der Waals surface area contributed by atoms with E-state index in [9.17, 15) is 8.42 Å². The van der Waals surface area contributed by atoms with Crippen LogP contribution < -0.4 is 0 Å². The van der Waals surface area contributed by atoms with Gasteiger partial charge in [0.2, 0.25) is 10.3 Å². The van der Waals surface area contributed by atoms with E-state index in [1.165, 1.54) is 0 Å². The molecular weight excluding hydrogens is 224 g/mol. The molecule has 0 heterocycles. The van der Waals surface area contributed by atoms with E-state index in [2.05, 4.69) is 6.08 Å². The Kier molecular flexibility index (Phi) is 2.92. The van der Waals surface area contributed by atoms with E-state index < -0.39 is 10.3 Å². The largest absolute Gasteiger partial charge is 0.508 e. The van der Waals surface area contributed by atoms with Crippen molar-refractivity contribution in [3.8, 4) is 5.75 Å². The molecule has 3 nitrogen and oxygen atoms in total. The van der Waals surface area contributed by atoms with Crippen LogP contribution in [-0.2, 0) is 10.3 Å². The lowest BCUT2D eigenvalue weighted by molar-refractivity contribution is 0.475. The Labute approximate surface area is 94.9 Å². The lowest BCUT2D eigenvalue weighted by Crippen LogP contribution is -1.99. The first-order valence-electron chi connectivity index (χ1n) is 4.71. The third kappa shape index (κ3) is 2.23. The van der Waals surface area contributed by atoms with Crippen molar-refractivity contribution in [1.82, 2.24) is 0 Å². The molecular formula is C12H9O3S. The first-order valence-corrected chi connectivity index (χ1v) is 5.79. The highest BCUT2D eigenvalue weighted by molar-refractivity contribution is 7.73. The number of aromatic hydroxyl groups is 1. The first-order chi connectivity index (χ1) is 7.66. The fourth-order valence-corrected chi connectivity index (χ4v) is 1.88. The maximum absolute atomic E-state index is 10.8. The molecule has 0 bridgehead atoms. The van der Waals surface area contributed by atoms with Gasteiger partial charge >= 0.3 is 0 Å². The van der Waals surface area contributed by atoms with Gasteiger partial charge in [0.1, 0.15) is 5.75 Å². The average Bonchev–Trinajstić information content (AvgIpc) is 2.30. The summed E-state index contributed by atoms with van der Waals surface area (Å²) >= 11 is 0. The third-order valence-corrected chi connectivity index (χ3v) is 2.97. The molecule has 81 valence electrons. The van der Waals surface area contributed by atoms with Crippen molar-refractivity contribution >= 4 is 20.7 Å². The van der Waals surface area contributed by atoms with Crippen molar-refractivity contribution < 1.29 is 13.5 Å². The Morgan fingerprint density at radius 1 is 1.19 bits per heavy atom. The summed E-state index contributed by atoms with van der Waals surface area (Å²) in [5.41, 5.74) is 1.54. The van der Waals surface area contributed by atoms with Gasteiger partial charge in [-0.3, -0.25) is 0 Å². The lowest BCUT2D eigenvalue weighted by atomic mass is 9.99. The second-order valence-electron chi connectivity index (χ2n) is 3.36. The summed E-state index contributed by atoms with van der Waals surface area (Å²) in [6.07, 6.45) is 6.67. The number of benzene rings is 1. The third-order valence-electron chi connectivity index (χ3n) is 2.26. The van der Waals surface area contributed by atoms with Crippen LogP contribution in [0.2, 0.25) is 0 Å². The van der Waals surface area contributed by atoms with Crippen LogP contribution >= 0.6 is 0 Å². The standard InChI is InChI=1S/C12H9O3S/c13-11-6-4-9(5-7-11)10-2-1-3-12(8-10)16(14)15/h1,4-8,13H,3H2. The van der Waals surface area contributed by atoms with Crippen LogP contribution in [0.4, 0.5) is 0 Å². The van der Waals surface area contributed by atoms with Crippen molar-refractivity contribution in [2.75, 3.05) is 0 Å². The Balaban J connectivity index is 2.46. The fourth-order valence-electron chi connectivity index (χ4n) is 1.45. The molecule has 1 aromatic rings. The van der Waals surface area contributed by atoms with Gasteiger partial charge in [0, 0.05) is 6.42 Å². The number of hydrogen-bond donors (Lipinski definition) is 1. The minimum Gasteiger partial charge on any atom is -0.508 e. The molecule has 0 aromatic heterocycles. The maximum atomic E-state index is 10.8. The van der Waals surface area contributed by atoms with Gasteiger partial charge < -0.3 is 5.11 Å². The van der Waals surface area contributed by atoms with Crippen molar-refractivity contribution in [2.45, 2.75) is 6.42 Å². The average molecular weight is 233 g/mol. The molecule has 0 saturated heterocycles. The Bertz CT molecular complexity index is 582. The van der Waals surface area contributed by atoms with Gasteiger partial charge in [-0.05, 0) is 35.4 Å². The second kappa shape index (κ2) is 4.37. The Hall–Kier alpha value is -1.81. The lowest BCUT2D eigenvalue weighted by Gasteiger charge is -2.06. The predicted octanol–water partition coefficient (Wildman–Crippen LogP) is 1.59. The zero-order valence-corrected chi connectivity index (χ0v) is 9.16. The van der Waals surface area contributed by atoms with Gasteiger partial charge in [-0.1, -0.05) is 18.2 Å². The summed E-state index contributed by atoms with van der Waals surface area (Å²) in [5, 5.41) is 9.14. The molecule has 16 heavy (non-hydrogen) atoms. The SMILES string of the molecule is O=S(=O)=C1C=C(c2ccc(O)cc2)[C]=CC1. The van der Waals surface area contributed by atoms with Crippen molar-refractivity contribution in [3.05, 3.63) is 48.1 Å². The highest BCUT2D eigenvalue weighted by Gasteiger charge is 2.06. The van der Waals surface area contributed by atoms with Gasteiger partial charge in [-0.2, -0.15) is 8.42 Å². The summed E-state index contributed by atoms with van der Waals surface area (Å²) in [6, 6.07) is 6.55. The maximum Gasteiger partial charge on any atom is 0.217 e. The second-order valence-corrected chi connectivity index (χ2v) is 4.35. The van der Waals surface area contributed by atoms with Gasteiger partial charge in [-0.25, -0.2) is 0 Å². The normalized spacial score (nSPS) is 14.8. The molecule has 0 spiro atoms. The number of phenols is 1. The van der Waals surface area contributed by atoms with E-state index in [1.807, 2.05) is 0 Å². The van der Waals surface area contributed by atoms with E-state index in [0.717, 1.165) is 5.56 Å². The molecule has 1 aliphatic carbocycles. The molecule has 1 N–H and O–H groups in total. The van der Waals surface area contributed by atoms with Gasteiger partial charge in [0.25, 0.3) is 0 Å². The van der Waals surface area contributed by atoms with Crippen molar-refractivity contribution in [1.29, 1.82) is 0 Å². The Morgan fingerprint density at radius 2 is 1.88 bits per heavy atom. The minimum atomic E-state index is -2.18. The number of hydrogen-bond acceptors (Lipinski definition) is 3. The van der Waals surface area contributed by atoms with Crippen LogP contribution in [-0.4, -0.2) is 18.4 Å². The van der Waals surface area contributed by atoms with Crippen LogP contribution in [0.1, 0.15) is 12.0 Å². The van der Waals surface area contributed by atoms with Crippen LogP contribution in [0.15, 0.2) is 36.4 Å². The van der Waals surface area contributed by atoms with Crippen LogP contribution in [0, 0.1) is 6.08 Å². The molecule has 0 unspecified atom stereocenters. The van der Waals surface area contributed by atoms with E-state index >= 15 is 0 Å². The highest BCUT2D eigenvalue weighted by Crippen LogP contribution is 2.21. The fraction of sp³-hybridized carbons (Fsp3) is 0.0833. The zero-order valence-electron chi connectivity index (χ0n) is 8.34. The quantitative estimate of drug-likeness (QED) is 0.749. The van der Waals surface area contributed by atoms with Crippen LogP contribution in [0.5, 0.6) is 5.75 Å². The molecule has 1 aromatic carbocycles. The number of phenolic OH excluding ortho intramolecular Hbond substituents is 1. The summed E-state index contributed by atoms with van der Waals surface area (Å²) in [4.78, 5) is 0.349. The smallest absolute Gasteiger partial charge is 0.217 e. The summed E-state index contributed by atoms with van der Waals surface area (Å²) < 4.78 is 21.6. The summed E-state index contributed by atoms with van der Waals surface area (Å²) in [7, 11) is -2.18. The predicted molar refractivity (Wildman–Crippen MR) is 62.4 cm³/mol. The van der Waals surface area contributed by atoms with E-state index in [1.54, 1.807) is 36.4 Å². The topological polar surface area (TPSA) is 54.4 Å². The van der Waals surface area contributed by atoms with Crippen LogP contribution in [0.25, 0.3) is 5.57 Å². The number of allylic oxidation sites excluding steroid dienone is 4. The molecule has 0 atom stereocenters. The van der Waals surface area contributed by atoms with Gasteiger partial charge in [0.05, 0.1) is 4.86 Å². The molecule has 1 radical (unpaired) electrons. The molecule has 0 fully saturated rings. The Morgan fingerprint density at radius 3 is 2.50 bits per heavy atom. The molecule has 1 aliphatic rings. The van der Waals surface area contributed by atoms with Crippen molar-refractivity contribution in [2.24, 2.45) is 0 Å². The minimum absolute atomic E-state index is 0.181. The molecule has 4 heteroatoms. The van der Waals surface area contributed by atoms with Crippen LogP contribution in [0.3, 0.4) is 0 Å². The van der Waals surface area contributed by atoms with Crippen molar-refractivity contribution in [3.63, 3.8) is 0 Å². The van der Waals surface area contributed by atoms with Gasteiger partial charge in [-0.15, -0.1) is 0 Å².